The molecule has 1 atom stereocenters. The molecule has 1 aliphatic rings. The van der Waals surface area contributed by atoms with Crippen LogP contribution in [-0.2, 0) is 24.3 Å². The first-order valence-corrected chi connectivity index (χ1v) is 9.48. The van der Waals surface area contributed by atoms with Crippen molar-refractivity contribution in [2.75, 3.05) is 6.54 Å². The molecule has 144 valence electrons. The van der Waals surface area contributed by atoms with Crippen LogP contribution in [0.15, 0.2) is 60.8 Å². The number of carbonyl (C=O) groups excluding carboxylic acids is 1. The molecule has 0 saturated carbocycles. The highest BCUT2D eigenvalue weighted by Gasteiger charge is 2.25. The van der Waals surface area contributed by atoms with E-state index in [0.29, 0.717) is 31.6 Å². The topological polar surface area (TPSA) is 64.2 Å². The maximum Gasteiger partial charge on any atom is 0.224 e. The summed E-state index contributed by atoms with van der Waals surface area (Å²) < 4.78 is 16.0. The van der Waals surface area contributed by atoms with Crippen LogP contribution in [0.2, 0.25) is 0 Å². The molecular weight excluding hydrogens is 355 g/mol. The lowest BCUT2D eigenvalue weighted by atomic mass is 10.0. The molecule has 1 aliphatic heterocycles. The number of hydrogen-bond donors (Lipinski definition) is 1. The van der Waals surface area contributed by atoms with Crippen LogP contribution in [0.25, 0.3) is 11.3 Å². The van der Waals surface area contributed by atoms with E-state index in [1.54, 1.807) is 23.1 Å². The normalized spacial score (nSPS) is 14.6. The van der Waals surface area contributed by atoms with Crippen molar-refractivity contribution in [2.45, 2.75) is 32.0 Å². The number of hydrogen-bond acceptors (Lipinski definition) is 3. The average molecular weight is 378 g/mol. The summed E-state index contributed by atoms with van der Waals surface area (Å²) in [6.45, 7) is 1.79. The summed E-state index contributed by atoms with van der Waals surface area (Å²) in [5.41, 5.74) is 8.85. The Labute approximate surface area is 163 Å². The smallest absolute Gasteiger partial charge is 0.224 e. The molecule has 2 heterocycles. The molecule has 2 aromatic carbocycles. The van der Waals surface area contributed by atoms with Crippen molar-refractivity contribution in [2.24, 2.45) is 5.73 Å². The van der Waals surface area contributed by atoms with Gasteiger partial charge in [0.05, 0.1) is 18.4 Å². The van der Waals surface area contributed by atoms with E-state index >= 15 is 0 Å². The number of amides is 1. The van der Waals surface area contributed by atoms with E-state index in [-0.39, 0.29) is 18.1 Å². The Balaban J connectivity index is 1.40. The van der Waals surface area contributed by atoms with E-state index < -0.39 is 6.04 Å². The molecule has 2 N–H and O–H groups in total. The summed E-state index contributed by atoms with van der Waals surface area (Å²) in [5, 5.41) is 0. The first-order valence-electron chi connectivity index (χ1n) is 9.48. The fraction of sp³-hybridized carbons (Fsp3) is 0.273. The van der Waals surface area contributed by atoms with Gasteiger partial charge < -0.3 is 15.2 Å². The molecule has 4 rings (SSSR count). The number of aromatic nitrogens is 2. The lowest BCUT2D eigenvalue weighted by Crippen LogP contribution is -2.41. The van der Waals surface area contributed by atoms with Crippen LogP contribution in [-0.4, -0.2) is 32.9 Å². The number of rotatable bonds is 5. The van der Waals surface area contributed by atoms with Crippen LogP contribution in [0.1, 0.15) is 17.8 Å². The predicted octanol–water partition coefficient (Wildman–Crippen LogP) is 2.99. The molecule has 0 spiro atoms. The number of nitrogens with two attached hydrogens (primary N) is 1. The number of imidazole rings is 1. The SMILES string of the molecule is NC(CC(=O)N1CCn2c(-c3ccccc3)cnc2C1)Cc1ccccc1F. The number of fused-ring (bicyclic) bond motifs is 1. The molecule has 5 nitrogen and oxygen atoms in total. The van der Waals surface area contributed by atoms with Gasteiger partial charge in [-0.05, 0) is 23.6 Å². The van der Waals surface area contributed by atoms with Gasteiger partial charge in [0.2, 0.25) is 5.91 Å². The highest BCUT2D eigenvalue weighted by molar-refractivity contribution is 5.77. The van der Waals surface area contributed by atoms with Gasteiger partial charge in [-0.3, -0.25) is 4.79 Å². The van der Waals surface area contributed by atoms with Crippen LogP contribution in [0.4, 0.5) is 4.39 Å². The number of benzene rings is 2. The summed E-state index contributed by atoms with van der Waals surface area (Å²) in [6.07, 6.45) is 2.40. The summed E-state index contributed by atoms with van der Waals surface area (Å²) in [4.78, 5) is 19.0. The van der Waals surface area contributed by atoms with Gasteiger partial charge in [-0.1, -0.05) is 48.5 Å². The zero-order valence-corrected chi connectivity index (χ0v) is 15.6. The van der Waals surface area contributed by atoms with Crippen LogP contribution < -0.4 is 5.73 Å². The third-order valence-corrected chi connectivity index (χ3v) is 5.16. The monoisotopic (exact) mass is 378 g/mol. The summed E-state index contributed by atoms with van der Waals surface area (Å²) >= 11 is 0. The first kappa shape index (κ1) is 18.4. The average Bonchev–Trinajstić information content (AvgIpc) is 3.13. The Morgan fingerprint density at radius 3 is 2.64 bits per heavy atom. The Hall–Kier alpha value is -2.99. The Bertz CT molecular complexity index is 970. The summed E-state index contributed by atoms with van der Waals surface area (Å²) in [5.74, 6) is 0.583. The van der Waals surface area contributed by atoms with E-state index in [4.69, 9.17) is 5.73 Å². The maximum absolute atomic E-state index is 13.8. The van der Waals surface area contributed by atoms with Crippen molar-refractivity contribution in [3.8, 4) is 11.3 Å². The molecular formula is C22H23FN4O. The summed E-state index contributed by atoms with van der Waals surface area (Å²) in [6, 6.07) is 16.3. The van der Waals surface area contributed by atoms with Crippen molar-refractivity contribution in [1.29, 1.82) is 0 Å². The second kappa shape index (κ2) is 7.94. The van der Waals surface area contributed by atoms with Gasteiger partial charge in [0, 0.05) is 25.6 Å². The molecule has 0 saturated heterocycles. The van der Waals surface area contributed by atoms with Gasteiger partial charge in [0.15, 0.2) is 0 Å². The fourth-order valence-electron chi connectivity index (χ4n) is 3.68. The molecule has 6 heteroatoms. The van der Waals surface area contributed by atoms with Crippen LogP contribution in [0.5, 0.6) is 0 Å². The second-order valence-electron chi connectivity index (χ2n) is 7.15. The van der Waals surface area contributed by atoms with Gasteiger partial charge in [0.25, 0.3) is 0 Å². The minimum Gasteiger partial charge on any atom is -0.333 e. The third-order valence-electron chi connectivity index (χ3n) is 5.16. The van der Waals surface area contributed by atoms with E-state index in [2.05, 4.69) is 21.7 Å². The van der Waals surface area contributed by atoms with Gasteiger partial charge in [0.1, 0.15) is 11.6 Å². The number of nitrogens with zero attached hydrogens (tertiary/aromatic N) is 3. The zero-order chi connectivity index (χ0) is 19.5. The molecule has 0 bridgehead atoms. The van der Waals surface area contributed by atoms with E-state index in [0.717, 1.165) is 17.1 Å². The fourth-order valence-corrected chi connectivity index (χ4v) is 3.68. The van der Waals surface area contributed by atoms with Crippen LogP contribution in [0.3, 0.4) is 0 Å². The van der Waals surface area contributed by atoms with Gasteiger partial charge >= 0.3 is 0 Å². The van der Waals surface area contributed by atoms with Crippen molar-refractivity contribution in [1.82, 2.24) is 14.5 Å². The highest BCUT2D eigenvalue weighted by atomic mass is 19.1. The molecule has 28 heavy (non-hydrogen) atoms. The van der Waals surface area contributed by atoms with E-state index in [1.165, 1.54) is 6.07 Å². The predicted molar refractivity (Wildman–Crippen MR) is 106 cm³/mol. The number of halogens is 1. The van der Waals surface area contributed by atoms with Gasteiger partial charge in [-0.25, -0.2) is 9.37 Å². The highest BCUT2D eigenvalue weighted by Crippen LogP contribution is 2.24. The largest absolute Gasteiger partial charge is 0.333 e. The zero-order valence-electron chi connectivity index (χ0n) is 15.6. The standard InChI is InChI=1S/C22H23FN4O/c23-19-9-5-4-8-17(19)12-18(24)13-22(28)26-10-11-27-20(14-25-21(27)15-26)16-6-2-1-3-7-16/h1-9,14,18H,10-13,15,24H2. The third kappa shape index (κ3) is 3.82. The molecule has 0 fully saturated rings. The molecule has 1 aromatic heterocycles. The minimum absolute atomic E-state index is 0.0145. The van der Waals surface area contributed by atoms with Crippen LogP contribution >= 0.6 is 0 Å². The maximum atomic E-state index is 13.8. The first-order chi connectivity index (χ1) is 13.6. The van der Waals surface area contributed by atoms with Crippen LogP contribution in [0, 0.1) is 5.82 Å². The quantitative estimate of drug-likeness (QED) is 0.742. The Morgan fingerprint density at radius 2 is 1.86 bits per heavy atom. The summed E-state index contributed by atoms with van der Waals surface area (Å²) in [7, 11) is 0. The number of carbonyl (C=O) groups is 1. The van der Waals surface area contributed by atoms with Crippen molar-refractivity contribution >= 4 is 5.91 Å². The second-order valence-corrected chi connectivity index (χ2v) is 7.15. The molecule has 1 unspecified atom stereocenters. The minimum atomic E-state index is -0.411. The van der Waals surface area contributed by atoms with Gasteiger partial charge in [-0.2, -0.15) is 0 Å². The van der Waals surface area contributed by atoms with E-state index in [1.807, 2.05) is 24.4 Å². The van der Waals surface area contributed by atoms with Crippen molar-refractivity contribution in [3.63, 3.8) is 0 Å². The molecule has 1 amide bonds. The Morgan fingerprint density at radius 1 is 1.11 bits per heavy atom. The Kier molecular flexibility index (Phi) is 5.21. The molecule has 0 radical (unpaired) electrons. The lowest BCUT2D eigenvalue weighted by molar-refractivity contribution is -0.133. The van der Waals surface area contributed by atoms with E-state index in [9.17, 15) is 9.18 Å². The molecule has 0 aliphatic carbocycles. The van der Waals surface area contributed by atoms with Crippen molar-refractivity contribution in [3.05, 3.63) is 78.0 Å². The lowest BCUT2D eigenvalue weighted by Gasteiger charge is -2.29. The van der Waals surface area contributed by atoms with Gasteiger partial charge in [-0.15, -0.1) is 0 Å². The molecule has 3 aromatic rings. The van der Waals surface area contributed by atoms with Crippen molar-refractivity contribution < 1.29 is 9.18 Å².